The van der Waals surface area contributed by atoms with Crippen LogP contribution in [0.2, 0.25) is 0 Å². The van der Waals surface area contributed by atoms with E-state index in [2.05, 4.69) is 51.8 Å². The monoisotopic (exact) mass is 468 g/mol. The van der Waals surface area contributed by atoms with Crippen LogP contribution in [0.5, 0.6) is 0 Å². The highest BCUT2D eigenvalue weighted by atomic mass is 79.9. The maximum absolute atomic E-state index is 4.30. The first-order chi connectivity index (χ1) is 12.7. The van der Waals surface area contributed by atoms with Gasteiger partial charge in [0.2, 0.25) is 0 Å². The lowest BCUT2D eigenvalue weighted by Gasteiger charge is -1.98. The molecule has 4 nitrogen and oxygen atoms in total. The summed E-state index contributed by atoms with van der Waals surface area (Å²) in [4.78, 5) is 17.0. The van der Waals surface area contributed by atoms with Crippen molar-refractivity contribution in [2.24, 2.45) is 0 Å². The predicted molar refractivity (Wildman–Crippen MR) is 110 cm³/mol. The molecule has 0 amide bonds. The van der Waals surface area contributed by atoms with Crippen LogP contribution in [0.1, 0.15) is 0 Å². The van der Waals surface area contributed by atoms with Crippen molar-refractivity contribution in [1.82, 2.24) is 19.9 Å². The molecule has 4 aromatic rings. The number of hydrogen-bond acceptors (Lipinski definition) is 4. The second-order valence-corrected chi connectivity index (χ2v) is 6.75. The molecule has 26 heavy (non-hydrogen) atoms. The van der Waals surface area contributed by atoms with Crippen molar-refractivity contribution >= 4 is 31.9 Å². The van der Waals surface area contributed by atoms with Crippen LogP contribution in [0.4, 0.5) is 0 Å². The number of halogens is 2. The van der Waals surface area contributed by atoms with Gasteiger partial charge in [0, 0.05) is 12.4 Å². The molecule has 0 saturated carbocycles. The number of rotatable bonds is 2. The average molecular weight is 470 g/mol. The molecule has 0 radical (unpaired) electrons. The highest BCUT2D eigenvalue weighted by Crippen LogP contribution is 2.16. The van der Waals surface area contributed by atoms with E-state index >= 15 is 0 Å². The first kappa shape index (κ1) is 18.4. The summed E-state index contributed by atoms with van der Waals surface area (Å²) in [6.45, 7) is 0. The number of hydrogen-bond donors (Lipinski definition) is 0. The van der Waals surface area contributed by atoms with E-state index in [9.17, 15) is 0 Å². The molecule has 0 aliphatic heterocycles. The Kier molecular flexibility index (Phi) is 6.57. The third-order valence-corrected chi connectivity index (χ3v) is 4.17. The van der Waals surface area contributed by atoms with Crippen LogP contribution in [0.15, 0.2) is 94.4 Å². The third kappa shape index (κ3) is 5.28. The fourth-order valence-electron chi connectivity index (χ4n) is 2.13. The molecular formula is C20H14Br2N4. The Bertz CT molecular complexity index is 882. The van der Waals surface area contributed by atoms with Crippen molar-refractivity contribution in [2.75, 3.05) is 0 Å². The standard InChI is InChI=1S/2C10H7BrN2/c2*11-10-6-3-5-9(13-10)8-4-1-2-7-12-8/h2*1-7H. The van der Waals surface area contributed by atoms with Crippen molar-refractivity contribution in [3.8, 4) is 22.8 Å². The van der Waals surface area contributed by atoms with Crippen LogP contribution in [0.25, 0.3) is 22.8 Å². The lowest BCUT2D eigenvalue weighted by Crippen LogP contribution is -1.85. The second kappa shape index (κ2) is 9.31. The zero-order valence-corrected chi connectivity index (χ0v) is 16.8. The molecule has 0 bridgehead atoms. The van der Waals surface area contributed by atoms with E-state index < -0.39 is 0 Å². The van der Waals surface area contributed by atoms with Gasteiger partial charge in [-0.2, -0.15) is 0 Å². The van der Waals surface area contributed by atoms with E-state index in [1.165, 1.54) is 0 Å². The third-order valence-electron chi connectivity index (χ3n) is 3.28. The van der Waals surface area contributed by atoms with Crippen molar-refractivity contribution in [3.63, 3.8) is 0 Å². The molecule has 0 saturated heterocycles. The van der Waals surface area contributed by atoms with E-state index in [4.69, 9.17) is 0 Å². The van der Waals surface area contributed by atoms with E-state index in [0.717, 1.165) is 32.0 Å². The summed E-state index contributed by atoms with van der Waals surface area (Å²) in [5, 5.41) is 0. The summed E-state index contributed by atoms with van der Waals surface area (Å²) >= 11 is 6.64. The zero-order valence-electron chi connectivity index (χ0n) is 13.6. The van der Waals surface area contributed by atoms with Gasteiger partial charge in [-0.15, -0.1) is 0 Å². The Morgan fingerprint density at radius 1 is 0.462 bits per heavy atom. The van der Waals surface area contributed by atoms with Crippen molar-refractivity contribution in [3.05, 3.63) is 94.4 Å². The Morgan fingerprint density at radius 3 is 1.23 bits per heavy atom. The highest BCUT2D eigenvalue weighted by molar-refractivity contribution is 9.10. The first-order valence-electron chi connectivity index (χ1n) is 7.80. The summed E-state index contributed by atoms with van der Waals surface area (Å²) in [6.07, 6.45) is 3.52. The van der Waals surface area contributed by atoms with Crippen LogP contribution in [-0.4, -0.2) is 19.9 Å². The van der Waals surface area contributed by atoms with Crippen LogP contribution in [0, 0.1) is 0 Å². The van der Waals surface area contributed by atoms with E-state index in [1.807, 2.05) is 72.8 Å². The summed E-state index contributed by atoms with van der Waals surface area (Å²) in [7, 11) is 0. The van der Waals surface area contributed by atoms with Gasteiger partial charge >= 0.3 is 0 Å². The second-order valence-electron chi connectivity index (χ2n) is 5.12. The van der Waals surface area contributed by atoms with Gasteiger partial charge in [0.1, 0.15) is 9.21 Å². The van der Waals surface area contributed by atoms with E-state index in [1.54, 1.807) is 12.4 Å². The average Bonchev–Trinajstić information content (AvgIpc) is 2.70. The number of pyridine rings is 4. The highest BCUT2D eigenvalue weighted by Gasteiger charge is 1.99. The summed E-state index contributed by atoms with van der Waals surface area (Å²) in [6, 6.07) is 23.1. The molecule has 0 spiro atoms. The Balaban J connectivity index is 0.000000151. The molecule has 0 fully saturated rings. The summed E-state index contributed by atoms with van der Waals surface area (Å²) < 4.78 is 1.66. The van der Waals surface area contributed by atoms with Gasteiger partial charge in [0.25, 0.3) is 0 Å². The Labute approximate surface area is 168 Å². The smallest absolute Gasteiger partial charge is 0.106 e. The summed E-state index contributed by atoms with van der Waals surface area (Å²) in [5.74, 6) is 0. The largest absolute Gasteiger partial charge is 0.255 e. The molecule has 0 aliphatic carbocycles. The minimum Gasteiger partial charge on any atom is -0.255 e. The molecular weight excluding hydrogens is 456 g/mol. The Morgan fingerprint density at radius 2 is 0.885 bits per heavy atom. The topological polar surface area (TPSA) is 51.6 Å². The first-order valence-corrected chi connectivity index (χ1v) is 9.39. The summed E-state index contributed by atoms with van der Waals surface area (Å²) in [5.41, 5.74) is 3.55. The lowest BCUT2D eigenvalue weighted by molar-refractivity contribution is 1.22. The molecule has 4 heterocycles. The maximum atomic E-state index is 4.30. The molecule has 0 atom stereocenters. The van der Waals surface area contributed by atoms with Crippen LogP contribution in [-0.2, 0) is 0 Å². The molecule has 0 N–H and O–H groups in total. The van der Waals surface area contributed by atoms with Crippen LogP contribution in [0.3, 0.4) is 0 Å². The molecule has 0 unspecified atom stereocenters. The quantitative estimate of drug-likeness (QED) is 0.347. The SMILES string of the molecule is Brc1cccc(-c2ccccn2)n1.Brc1cccc(-c2ccccn2)n1. The van der Waals surface area contributed by atoms with Gasteiger partial charge in [-0.05, 0) is 80.4 Å². The maximum Gasteiger partial charge on any atom is 0.106 e. The molecule has 0 aliphatic rings. The van der Waals surface area contributed by atoms with Gasteiger partial charge in [0.05, 0.1) is 22.8 Å². The van der Waals surface area contributed by atoms with Gasteiger partial charge in [-0.1, -0.05) is 24.3 Å². The van der Waals surface area contributed by atoms with Crippen molar-refractivity contribution < 1.29 is 0 Å². The lowest BCUT2D eigenvalue weighted by atomic mass is 10.2. The van der Waals surface area contributed by atoms with E-state index in [0.29, 0.717) is 0 Å². The minimum absolute atomic E-state index is 0.829. The van der Waals surface area contributed by atoms with Crippen LogP contribution < -0.4 is 0 Å². The minimum atomic E-state index is 0.829. The molecule has 128 valence electrons. The molecule has 6 heteroatoms. The van der Waals surface area contributed by atoms with Gasteiger partial charge in [-0.25, -0.2) is 9.97 Å². The Hall–Kier alpha value is -2.44. The number of aromatic nitrogens is 4. The fraction of sp³-hybridized carbons (Fsp3) is 0. The predicted octanol–water partition coefficient (Wildman–Crippen LogP) is 5.81. The van der Waals surface area contributed by atoms with Gasteiger partial charge < -0.3 is 0 Å². The molecule has 0 aromatic carbocycles. The molecule has 4 aromatic heterocycles. The van der Waals surface area contributed by atoms with Crippen LogP contribution >= 0.6 is 31.9 Å². The van der Waals surface area contributed by atoms with Crippen molar-refractivity contribution in [2.45, 2.75) is 0 Å². The van der Waals surface area contributed by atoms with Gasteiger partial charge in [-0.3, -0.25) is 9.97 Å². The normalized spacial score (nSPS) is 9.92. The molecule has 4 rings (SSSR count). The van der Waals surface area contributed by atoms with E-state index in [-0.39, 0.29) is 0 Å². The zero-order chi connectivity index (χ0) is 18.2. The number of nitrogens with zero attached hydrogens (tertiary/aromatic N) is 4. The van der Waals surface area contributed by atoms with Gasteiger partial charge in [0.15, 0.2) is 0 Å². The van der Waals surface area contributed by atoms with Crippen molar-refractivity contribution in [1.29, 1.82) is 0 Å². The fourth-order valence-corrected chi connectivity index (χ4v) is 2.82.